The molecule has 1 fully saturated rings. The summed E-state index contributed by atoms with van der Waals surface area (Å²) < 4.78 is 13.7. The van der Waals surface area contributed by atoms with Gasteiger partial charge in [-0.25, -0.2) is 9.18 Å². The van der Waals surface area contributed by atoms with Crippen molar-refractivity contribution in [1.29, 1.82) is 0 Å². The zero-order chi connectivity index (χ0) is 15.7. The van der Waals surface area contributed by atoms with Gasteiger partial charge in [0.05, 0.1) is 6.04 Å². The van der Waals surface area contributed by atoms with Crippen molar-refractivity contribution in [1.82, 2.24) is 15.1 Å². The average Bonchev–Trinajstić information content (AvgIpc) is 3.07. The Morgan fingerprint density at radius 1 is 1.41 bits per heavy atom. The van der Waals surface area contributed by atoms with Gasteiger partial charge in [-0.2, -0.15) is 0 Å². The smallest absolute Gasteiger partial charge is 0.317 e. The lowest BCUT2D eigenvalue weighted by atomic mass is 10.1. The van der Waals surface area contributed by atoms with Gasteiger partial charge in [-0.1, -0.05) is 12.1 Å². The maximum atomic E-state index is 13.7. The molecule has 0 spiro atoms. The van der Waals surface area contributed by atoms with Gasteiger partial charge in [-0.05, 0) is 56.5 Å². The summed E-state index contributed by atoms with van der Waals surface area (Å²) in [4.78, 5) is 16.5. The van der Waals surface area contributed by atoms with Gasteiger partial charge < -0.3 is 15.1 Å². The van der Waals surface area contributed by atoms with Crippen LogP contribution >= 0.6 is 0 Å². The quantitative estimate of drug-likeness (QED) is 0.931. The highest BCUT2D eigenvalue weighted by molar-refractivity contribution is 5.75. The van der Waals surface area contributed by atoms with E-state index in [9.17, 15) is 9.18 Å². The molecule has 1 saturated heterocycles. The largest absolute Gasteiger partial charge is 0.331 e. The monoisotopic (exact) mass is 305 g/mol. The molecule has 0 aromatic heterocycles. The van der Waals surface area contributed by atoms with E-state index in [1.165, 1.54) is 6.07 Å². The molecule has 0 radical (unpaired) electrons. The van der Waals surface area contributed by atoms with E-state index in [-0.39, 0.29) is 17.9 Å². The van der Waals surface area contributed by atoms with E-state index in [2.05, 4.69) is 24.3 Å². The lowest BCUT2D eigenvalue weighted by molar-refractivity contribution is 0.201. The van der Waals surface area contributed by atoms with Crippen LogP contribution in [-0.2, 0) is 6.42 Å². The number of nitrogens with zero attached hydrogens (tertiary/aromatic N) is 2. The van der Waals surface area contributed by atoms with Crippen LogP contribution in [0.2, 0.25) is 0 Å². The Bertz CT molecular complexity index is 561. The van der Waals surface area contributed by atoms with Crippen molar-refractivity contribution < 1.29 is 9.18 Å². The fraction of sp³-hybridized carbons (Fsp3) is 0.588. The Balaban J connectivity index is 1.59. The number of hydrogen-bond donors (Lipinski definition) is 1. The minimum Gasteiger partial charge on any atom is -0.331 e. The molecule has 0 unspecified atom stereocenters. The maximum absolute atomic E-state index is 13.7. The molecule has 1 aliphatic carbocycles. The topological polar surface area (TPSA) is 35.6 Å². The van der Waals surface area contributed by atoms with Gasteiger partial charge in [0.25, 0.3) is 0 Å². The van der Waals surface area contributed by atoms with Gasteiger partial charge in [0.15, 0.2) is 0 Å². The van der Waals surface area contributed by atoms with E-state index >= 15 is 0 Å². The third-order valence-corrected chi connectivity index (χ3v) is 4.71. The van der Waals surface area contributed by atoms with Gasteiger partial charge in [0.1, 0.15) is 5.82 Å². The molecule has 1 aromatic rings. The molecule has 0 bridgehead atoms. The van der Waals surface area contributed by atoms with Crippen molar-refractivity contribution in [2.24, 2.45) is 5.92 Å². The number of carbonyl (C=O) groups excluding carboxylic acids is 1. The van der Waals surface area contributed by atoms with Gasteiger partial charge >= 0.3 is 6.03 Å². The summed E-state index contributed by atoms with van der Waals surface area (Å²) in [6.07, 6.45) is 2.55. The summed E-state index contributed by atoms with van der Waals surface area (Å²) in [5.74, 6) is 0.399. The predicted octanol–water partition coefficient (Wildman–Crippen LogP) is 2.41. The highest BCUT2D eigenvalue weighted by atomic mass is 19.1. The number of urea groups is 1. The van der Waals surface area contributed by atoms with E-state index in [4.69, 9.17) is 0 Å². The molecule has 5 heteroatoms. The Kier molecular flexibility index (Phi) is 4.34. The van der Waals surface area contributed by atoms with Crippen molar-refractivity contribution in [3.05, 3.63) is 35.1 Å². The molecule has 1 aromatic carbocycles. The number of nitrogens with one attached hydrogen (secondary N) is 1. The molecule has 4 nitrogen and oxygen atoms in total. The van der Waals surface area contributed by atoms with E-state index in [0.717, 1.165) is 43.6 Å². The number of carbonyl (C=O) groups is 1. The minimum atomic E-state index is -0.151. The first-order valence-electron chi connectivity index (χ1n) is 8.02. The number of hydrogen-bond acceptors (Lipinski definition) is 2. The van der Waals surface area contributed by atoms with Crippen LogP contribution in [0.1, 0.15) is 30.0 Å². The normalized spacial score (nSPS) is 23.9. The standard InChI is InChI=1S/C17H24FN3O/c1-20(2)10-12-8-9-21(11-12)17(22)19-16-7-6-13-14(16)4-3-5-15(13)18/h3-5,12,16H,6-11H2,1-2H3,(H,19,22)/t12-,16-/m0/s1. The molecule has 2 amide bonds. The third-order valence-electron chi connectivity index (χ3n) is 4.71. The minimum absolute atomic E-state index is 0.0108. The summed E-state index contributed by atoms with van der Waals surface area (Å²) in [6, 6.07) is 5.08. The van der Waals surface area contributed by atoms with Crippen LogP contribution in [0.4, 0.5) is 9.18 Å². The van der Waals surface area contributed by atoms with E-state index in [1.54, 1.807) is 6.07 Å². The van der Waals surface area contributed by atoms with Crippen molar-refractivity contribution in [3.8, 4) is 0 Å². The van der Waals surface area contributed by atoms with Crippen molar-refractivity contribution in [3.63, 3.8) is 0 Å². The third kappa shape index (κ3) is 3.09. The summed E-state index contributed by atoms with van der Waals surface area (Å²) in [7, 11) is 4.12. The molecule has 22 heavy (non-hydrogen) atoms. The summed E-state index contributed by atoms with van der Waals surface area (Å²) in [5.41, 5.74) is 1.71. The molecule has 1 heterocycles. The summed E-state index contributed by atoms with van der Waals surface area (Å²) in [6.45, 7) is 2.64. The zero-order valence-electron chi connectivity index (χ0n) is 13.3. The molecule has 2 aliphatic rings. The number of likely N-dealkylation sites (tertiary alicyclic amines) is 1. The summed E-state index contributed by atoms with van der Waals surface area (Å²) in [5, 5.41) is 3.08. The number of amides is 2. The van der Waals surface area contributed by atoms with Crippen LogP contribution in [0.5, 0.6) is 0 Å². The molecule has 1 N–H and O–H groups in total. The lowest BCUT2D eigenvalue weighted by Crippen LogP contribution is -2.40. The zero-order valence-corrected chi connectivity index (χ0v) is 13.3. The number of benzene rings is 1. The molecule has 2 atom stereocenters. The average molecular weight is 305 g/mol. The first-order chi connectivity index (χ1) is 10.5. The Morgan fingerprint density at radius 3 is 3.00 bits per heavy atom. The second-order valence-corrected chi connectivity index (χ2v) is 6.71. The number of rotatable bonds is 3. The van der Waals surface area contributed by atoms with Crippen LogP contribution in [0, 0.1) is 11.7 Å². The van der Waals surface area contributed by atoms with Crippen LogP contribution in [0.15, 0.2) is 18.2 Å². The molecule has 3 rings (SSSR count). The summed E-state index contributed by atoms with van der Waals surface area (Å²) >= 11 is 0. The highest BCUT2D eigenvalue weighted by Gasteiger charge is 2.30. The van der Waals surface area contributed by atoms with Crippen LogP contribution in [-0.4, -0.2) is 49.6 Å². The van der Waals surface area contributed by atoms with E-state index in [1.807, 2.05) is 11.0 Å². The van der Waals surface area contributed by atoms with E-state index < -0.39 is 0 Å². The Labute approximate surface area is 131 Å². The molecular weight excluding hydrogens is 281 g/mol. The predicted molar refractivity (Wildman–Crippen MR) is 84.2 cm³/mol. The van der Waals surface area contributed by atoms with Crippen LogP contribution in [0.25, 0.3) is 0 Å². The van der Waals surface area contributed by atoms with Gasteiger partial charge in [0.2, 0.25) is 0 Å². The molecular formula is C17H24FN3O. The van der Waals surface area contributed by atoms with Crippen molar-refractivity contribution in [2.45, 2.75) is 25.3 Å². The van der Waals surface area contributed by atoms with Crippen molar-refractivity contribution >= 4 is 6.03 Å². The fourth-order valence-electron chi connectivity index (χ4n) is 3.68. The molecule has 1 aliphatic heterocycles. The van der Waals surface area contributed by atoms with Crippen LogP contribution < -0.4 is 5.32 Å². The number of halogens is 1. The van der Waals surface area contributed by atoms with Crippen molar-refractivity contribution in [2.75, 3.05) is 33.7 Å². The fourth-order valence-corrected chi connectivity index (χ4v) is 3.68. The second kappa shape index (κ2) is 6.24. The van der Waals surface area contributed by atoms with Gasteiger partial charge in [-0.15, -0.1) is 0 Å². The lowest BCUT2D eigenvalue weighted by Gasteiger charge is -2.22. The first-order valence-corrected chi connectivity index (χ1v) is 8.02. The molecule has 120 valence electrons. The molecule has 0 saturated carbocycles. The highest BCUT2D eigenvalue weighted by Crippen LogP contribution is 2.33. The first kappa shape index (κ1) is 15.3. The second-order valence-electron chi connectivity index (χ2n) is 6.71. The maximum Gasteiger partial charge on any atom is 0.317 e. The number of fused-ring (bicyclic) bond motifs is 1. The van der Waals surface area contributed by atoms with Gasteiger partial charge in [-0.3, -0.25) is 0 Å². The van der Waals surface area contributed by atoms with Gasteiger partial charge in [0, 0.05) is 19.6 Å². The Morgan fingerprint density at radius 2 is 2.23 bits per heavy atom. The Hall–Kier alpha value is -1.62. The SMILES string of the molecule is CN(C)C[C@@H]1CCN(C(=O)N[C@H]2CCc3c(F)cccc32)C1. The van der Waals surface area contributed by atoms with E-state index in [0.29, 0.717) is 12.3 Å². The van der Waals surface area contributed by atoms with Crippen LogP contribution in [0.3, 0.4) is 0 Å².